The number of likely N-dealkylation sites (N-methyl/N-ethyl adjacent to an activating group) is 1. The zero-order chi connectivity index (χ0) is 35.1. The number of nitrogens with one attached hydrogen (secondary N) is 1. The molecular formula is C39H49N7O3S. The molecule has 0 atom stereocenters. The third kappa shape index (κ3) is 6.83. The Hall–Kier alpha value is -4.06. The molecule has 0 radical (unpaired) electrons. The molecule has 1 aliphatic carbocycles. The minimum absolute atomic E-state index is 0.0147. The lowest BCUT2D eigenvalue weighted by molar-refractivity contribution is -0.132. The molecule has 10 nitrogen and oxygen atoms in total. The highest BCUT2D eigenvalue weighted by atomic mass is 32.1. The van der Waals surface area contributed by atoms with Gasteiger partial charge in [-0.2, -0.15) is 0 Å². The first-order chi connectivity index (χ1) is 24.1. The molecule has 1 saturated carbocycles. The maximum atomic E-state index is 13.6. The predicted octanol–water partition coefficient (Wildman–Crippen LogP) is 6.46. The van der Waals surface area contributed by atoms with Gasteiger partial charge in [0.1, 0.15) is 10.8 Å². The lowest BCUT2D eigenvalue weighted by Gasteiger charge is -2.33. The summed E-state index contributed by atoms with van der Waals surface area (Å²) in [5.41, 5.74) is 6.88. The van der Waals surface area contributed by atoms with E-state index in [9.17, 15) is 14.7 Å². The number of imidazole rings is 1. The second kappa shape index (κ2) is 14.3. The van der Waals surface area contributed by atoms with E-state index in [0.29, 0.717) is 36.7 Å². The highest BCUT2D eigenvalue weighted by Crippen LogP contribution is 2.42. The van der Waals surface area contributed by atoms with Gasteiger partial charge >= 0.3 is 0 Å². The van der Waals surface area contributed by atoms with Crippen LogP contribution in [0.4, 0.5) is 5.69 Å². The fourth-order valence-corrected chi connectivity index (χ4v) is 8.96. The predicted molar refractivity (Wildman–Crippen MR) is 198 cm³/mol. The molecule has 11 heteroatoms. The molecule has 50 heavy (non-hydrogen) atoms. The SMILES string of the molecule is CCN(C)CC(=O)N1Cc2nc(-c3cccc(-c4cccc(NC(=O)c5nc6c(n5C)CCN(C[C@H]5CC[C@@H](C)CC5)C6)c4O)c3C)sc2C1. The lowest BCUT2D eigenvalue weighted by Crippen LogP contribution is -2.36. The number of fused-ring (bicyclic) bond motifs is 2. The van der Waals surface area contributed by atoms with Crippen LogP contribution in [0.15, 0.2) is 36.4 Å². The monoisotopic (exact) mass is 695 g/mol. The Morgan fingerprint density at radius 2 is 1.74 bits per heavy atom. The summed E-state index contributed by atoms with van der Waals surface area (Å²) in [6.07, 6.45) is 6.13. The third-order valence-corrected chi connectivity index (χ3v) is 12.2. The summed E-state index contributed by atoms with van der Waals surface area (Å²) >= 11 is 1.62. The maximum Gasteiger partial charge on any atom is 0.291 e. The Kier molecular flexibility index (Phi) is 9.82. The summed E-state index contributed by atoms with van der Waals surface area (Å²) in [6.45, 7) is 11.7. The van der Waals surface area contributed by atoms with Gasteiger partial charge in [0.05, 0.1) is 36.7 Å². The number of amides is 2. The average molecular weight is 696 g/mol. The largest absolute Gasteiger partial charge is 0.505 e. The Labute approximate surface area is 299 Å². The Morgan fingerprint density at radius 3 is 2.50 bits per heavy atom. The molecule has 0 saturated heterocycles. The number of phenolic OH excluding ortho intramolecular Hbond substituents is 1. The number of phenols is 1. The minimum Gasteiger partial charge on any atom is -0.505 e. The molecule has 2 amide bonds. The maximum absolute atomic E-state index is 13.6. The normalized spacial score (nSPS) is 19.1. The first-order valence-corrected chi connectivity index (χ1v) is 18.9. The number of nitrogens with zero attached hydrogens (tertiary/aromatic N) is 6. The second-order valence-corrected chi connectivity index (χ2v) is 15.7. The molecule has 3 aliphatic rings. The van der Waals surface area contributed by atoms with E-state index in [2.05, 4.69) is 17.1 Å². The zero-order valence-electron chi connectivity index (χ0n) is 30.0. The van der Waals surface area contributed by atoms with Crippen LogP contribution in [-0.2, 0) is 37.9 Å². The number of anilines is 1. The van der Waals surface area contributed by atoms with Gasteiger partial charge in [0.15, 0.2) is 5.82 Å². The summed E-state index contributed by atoms with van der Waals surface area (Å²) < 4.78 is 1.92. The molecule has 4 heterocycles. The van der Waals surface area contributed by atoms with Crippen LogP contribution >= 0.6 is 11.3 Å². The number of hydrogen-bond acceptors (Lipinski definition) is 8. The molecule has 2 aromatic carbocycles. The lowest BCUT2D eigenvalue weighted by atomic mass is 9.82. The van der Waals surface area contributed by atoms with Crippen molar-refractivity contribution < 1.29 is 14.7 Å². The van der Waals surface area contributed by atoms with E-state index < -0.39 is 0 Å². The van der Waals surface area contributed by atoms with Gasteiger partial charge < -0.3 is 19.9 Å². The molecule has 0 spiro atoms. The summed E-state index contributed by atoms with van der Waals surface area (Å²) in [7, 11) is 3.87. The first-order valence-electron chi connectivity index (χ1n) is 18.0. The third-order valence-electron chi connectivity index (χ3n) is 11.1. The van der Waals surface area contributed by atoms with Gasteiger partial charge in [-0.3, -0.25) is 19.4 Å². The molecule has 0 bridgehead atoms. The van der Waals surface area contributed by atoms with Crippen LogP contribution in [0, 0.1) is 18.8 Å². The minimum atomic E-state index is -0.334. The van der Waals surface area contributed by atoms with Crippen molar-refractivity contribution in [1.82, 2.24) is 29.2 Å². The summed E-state index contributed by atoms with van der Waals surface area (Å²) in [6, 6.07) is 11.5. The van der Waals surface area contributed by atoms with Crippen LogP contribution in [0.3, 0.4) is 0 Å². The summed E-state index contributed by atoms with van der Waals surface area (Å²) in [5, 5.41) is 15.4. The number of aromatic hydroxyl groups is 1. The zero-order valence-corrected chi connectivity index (χ0v) is 30.8. The smallest absolute Gasteiger partial charge is 0.291 e. The highest BCUT2D eigenvalue weighted by molar-refractivity contribution is 7.15. The fraction of sp³-hybridized carbons (Fsp3) is 0.487. The number of para-hydroxylation sites is 1. The van der Waals surface area contributed by atoms with Crippen LogP contribution in [0.1, 0.15) is 77.7 Å². The van der Waals surface area contributed by atoms with E-state index in [-0.39, 0.29) is 17.6 Å². The molecule has 0 unspecified atom stereocenters. The van der Waals surface area contributed by atoms with Crippen molar-refractivity contribution in [2.45, 2.75) is 72.5 Å². The van der Waals surface area contributed by atoms with Crippen molar-refractivity contribution in [3.8, 4) is 27.4 Å². The van der Waals surface area contributed by atoms with Crippen LogP contribution in [0.2, 0.25) is 0 Å². The molecule has 2 N–H and O–H groups in total. The molecule has 264 valence electrons. The van der Waals surface area contributed by atoms with Gasteiger partial charge in [-0.15, -0.1) is 11.3 Å². The van der Waals surface area contributed by atoms with E-state index >= 15 is 0 Å². The number of aromatic nitrogens is 3. The van der Waals surface area contributed by atoms with Crippen LogP contribution in [0.5, 0.6) is 5.75 Å². The number of thiazole rings is 1. The van der Waals surface area contributed by atoms with Crippen molar-refractivity contribution >= 4 is 28.8 Å². The number of rotatable bonds is 9. The van der Waals surface area contributed by atoms with Gasteiger partial charge in [0, 0.05) is 54.8 Å². The molecule has 1 fully saturated rings. The van der Waals surface area contributed by atoms with Gasteiger partial charge in [-0.1, -0.05) is 57.0 Å². The Balaban J connectivity index is 1.05. The van der Waals surface area contributed by atoms with Crippen LogP contribution < -0.4 is 5.32 Å². The van der Waals surface area contributed by atoms with Crippen LogP contribution in [-0.4, -0.2) is 79.4 Å². The number of carbonyl (C=O) groups is 2. The van der Waals surface area contributed by atoms with Crippen LogP contribution in [0.25, 0.3) is 21.7 Å². The first kappa shape index (κ1) is 34.4. The van der Waals surface area contributed by atoms with E-state index in [1.54, 1.807) is 17.4 Å². The summed E-state index contributed by atoms with van der Waals surface area (Å²) in [5.74, 6) is 1.76. The molecule has 2 aromatic heterocycles. The average Bonchev–Trinajstić information content (AvgIpc) is 3.79. The second-order valence-electron chi connectivity index (χ2n) is 14.6. The van der Waals surface area contributed by atoms with Gasteiger partial charge in [0.2, 0.25) is 5.91 Å². The quantitative estimate of drug-likeness (QED) is 0.194. The molecule has 2 aliphatic heterocycles. The highest BCUT2D eigenvalue weighted by Gasteiger charge is 2.30. The number of benzene rings is 2. The van der Waals surface area contributed by atoms with Gasteiger partial charge in [-0.25, -0.2) is 9.97 Å². The summed E-state index contributed by atoms with van der Waals surface area (Å²) in [4.78, 5) is 43.7. The van der Waals surface area contributed by atoms with Crippen molar-refractivity contribution in [3.05, 3.63) is 69.7 Å². The van der Waals surface area contributed by atoms with Crippen molar-refractivity contribution in [3.63, 3.8) is 0 Å². The molecular weight excluding hydrogens is 647 g/mol. The van der Waals surface area contributed by atoms with E-state index in [4.69, 9.17) is 9.97 Å². The van der Waals surface area contributed by atoms with E-state index in [1.165, 1.54) is 25.7 Å². The van der Waals surface area contributed by atoms with Crippen molar-refractivity contribution in [2.75, 3.05) is 38.5 Å². The van der Waals surface area contributed by atoms with E-state index in [0.717, 1.165) is 88.1 Å². The molecule has 4 aromatic rings. The van der Waals surface area contributed by atoms with Gasteiger partial charge in [0.25, 0.3) is 5.91 Å². The van der Waals surface area contributed by atoms with Gasteiger partial charge in [-0.05, 0) is 62.4 Å². The van der Waals surface area contributed by atoms with E-state index in [1.807, 2.05) is 72.6 Å². The standard InChI is InChI=1S/C39H49N7O3S/c1-6-43(4)23-35(47)46-21-32-34(22-46)50-39(42-32)28-10-7-9-27(25(28)3)29-11-8-12-30(36(29)48)41-38(49)37-40-31-20-45(18-17-33(31)44(37)5)19-26-15-13-24(2)14-16-26/h7-12,24,26,48H,6,13-23H2,1-5H3,(H,41,49)/t24-,26+. The number of carbonyl (C=O) groups excluding carboxylic acids is 2. The number of hydrogen-bond donors (Lipinski definition) is 2. The topological polar surface area (TPSA) is 107 Å². The van der Waals surface area contributed by atoms with Crippen molar-refractivity contribution in [1.29, 1.82) is 0 Å². The Bertz CT molecular complexity index is 1880. The fourth-order valence-electron chi connectivity index (χ4n) is 7.79. The molecule has 7 rings (SSSR count). The van der Waals surface area contributed by atoms with Crippen molar-refractivity contribution in [2.24, 2.45) is 18.9 Å². The Morgan fingerprint density at radius 1 is 1.00 bits per heavy atom.